The van der Waals surface area contributed by atoms with Crippen LogP contribution in [0.5, 0.6) is 0 Å². The first-order chi connectivity index (χ1) is 19.3. The summed E-state index contributed by atoms with van der Waals surface area (Å²) in [6, 6.07) is 23.9. The van der Waals surface area contributed by atoms with Crippen molar-refractivity contribution in [2.24, 2.45) is 5.41 Å². The first kappa shape index (κ1) is 24.7. The Morgan fingerprint density at radius 2 is 1.52 bits per heavy atom. The Bertz CT molecular complexity index is 1720. The van der Waals surface area contributed by atoms with E-state index in [4.69, 9.17) is 11.6 Å². The van der Waals surface area contributed by atoms with Crippen molar-refractivity contribution in [3.63, 3.8) is 0 Å². The Morgan fingerprint density at radius 3 is 2.17 bits per heavy atom. The van der Waals surface area contributed by atoms with Crippen molar-refractivity contribution < 1.29 is 18.8 Å². The van der Waals surface area contributed by atoms with E-state index in [0.717, 1.165) is 11.1 Å². The van der Waals surface area contributed by atoms with Crippen LogP contribution in [0.4, 0.5) is 10.1 Å². The Hall–Kier alpha value is -4.35. The number of benzene rings is 4. The van der Waals surface area contributed by atoms with Crippen LogP contribution in [0.3, 0.4) is 0 Å². The van der Waals surface area contributed by atoms with E-state index in [9.17, 15) is 18.8 Å². The molecule has 4 aromatic carbocycles. The van der Waals surface area contributed by atoms with Crippen molar-refractivity contribution in [2.45, 2.75) is 24.9 Å². The number of halogens is 2. The molecule has 3 atom stereocenters. The zero-order valence-corrected chi connectivity index (χ0v) is 22.2. The van der Waals surface area contributed by atoms with Gasteiger partial charge in [-0.3, -0.25) is 14.4 Å². The van der Waals surface area contributed by atoms with Crippen LogP contribution in [0.1, 0.15) is 53.7 Å². The molecule has 1 spiro atoms. The van der Waals surface area contributed by atoms with Gasteiger partial charge in [0.15, 0.2) is 17.3 Å². The standard InChI is InChI=1S/C34H23ClFNO3/c1-19-6-8-20(9-7-19)29-30(31(38)21-10-13-23(35)14-11-21)37-27-16-15-24(36)18-22(27)12-17-28(37)34(29)32(39)25-4-2-3-5-26(25)33(34)40/h2-18,28-30H,1H3/t28-,29-,30-/m1/s1. The molecule has 1 saturated heterocycles. The zero-order valence-electron chi connectivity index (χ0n) is 21.5. The highest BCUT2D eigenvalue weighted by Crippen LogP contribution is 2.61. The molecule has 7 rings (SSSR count). The smallest absolute Gasteiger partial charge is 0.185 e. The van der Waals surface area contributed by atoms with Crippen LogP contribution < -0.4 is 4.90 Å². The van der Waals surface area contributed by atoms with E-state index in [0.29, 0.717) is 33.0 Å². The number of carbonyl (C=O) groups excluding carboxylic acids is 3. The Morgan fingerprint density at radius 1 is 0.875 bits per heavy atom. The van der Waals surface area contributed by atoms with E-state index >= 15 is 0 Å². The molecule has 3 aliphatic rings. The molecule has 0 radical (unpaired) electrons. The first-order valence-electron chi connectivity index (χ1n) is 13.1. The van der Waals surface area contributed by atoms with Crippen molar-refractivity contribution in [2.75, 3.05) is 4.90 Å². The summed E-state index contributed by atoms with van der Waals surface area (Å²) in [4.78, 5) is 45.6. The second-order valence-electron chi connectivity index (χ2n) is 10.7. The zero-order chi connectivity index (χ0) is 27.8. The predicted molar refractivity (Wildman–Crippen MR) is 153 cm³/mol. The van der Waals surface area contributed by atoms with Gasteiger partial charge in [-0.25, -0.2) is 4.39 Å². The molecule has 6 heteroatoms. The molecule has 196 valence electrons. The van der Waals surface area contributed by atoms with Gasteiger partial charge in [-0.15, -0.1) is 0 Å². The number of carbonyl (C=O) groups is 3. The fourth-order valence-electron chi connectivity index (χ4n) is 6.88. The number of fused-ring (bicyclic) bond motifs is 5. The topological polar surface area (TPSA) is 54.5 Å². The maximum Gasteiger partial charge on any atom is 0.185 e. The van der Waals surface area contributed by atoms with Crippen molar-refractivity contribution in [3.8, 4) is 0 Å². The van der Waals surface area contributed by atoms with Crippen LogP contribution in [0.25, 0.3) is 6.08 Å². The van der Waals surface area contributed by atoms with Crippen LogP contribution in [0, 0.1) is 18.2 Å². The maximum atomic E-state index is 14.6. The van der Waals surface area contributed by atoms with Crippen LogP contribution in [-0.2, 0) is 0 Å². The monoisotopic (exact) mass is 547 g/mol. The highest BCUT2D eigenvalue weighted by atomic mass is 35.5. The summed E-state index contributed by atoms with van der Waals surface area (Å²) in [6.07, 6.45) is 3.55. The Labute approximate surface area is 235 Å². The minimum Gasteiger partial charge on any atom is -0.352 e. The molecule has 40 heavy (non-hydrogen) atoms. The summed E-state index contributed by atoms with van der Waals surface area (Å²) < 4.78 is 14.3. The molecule has 2 aliphatic heterocycles. The molecule has 0 amide bonds. The SMILES string of the molecule is Cc1ccc([C@@H]2[C@H](C(=O)c3ccc(Cl)cc3)N3c4ccc(F)cc4C=C[C@@H]3C23C(=O)c2ccccc2C3=O)cc1. The molecular formula is C34H23ClFNO3. The predicted octanol–water partition coefficient (Wildman–Crippen LogP) is 7.10. The van der Waals surface area contributed by atoms with Crippen LogP contribution in [-0.4, -0.2) is 29.4 Å². The molecule has 0 saturated carbocycles. The van der Waals surface area contributed by atoms with Gasteiger partial charge in [0.25, 0.3) is 0 Å². The summed E-state index contributed by atoms with van der Waals surface area (Å²) in [5.74, 6) is -2.06. The number of anilines is 1. The van der Waals surface area contributed by atoms with Gasteiger partial charge in [0.2, 0.25) is 0 Å². The molecule has 0 unspecified atom stereocenters. The average molecular weight is 548 g/mol. The summed E-state index contributed by atoms with van der Waals surface area (Å²) in [6.45, 7) is 1.96. The van der Waals surface area contributed by atoms with E-state index in [-0.39, 0.29) is 17.3 Å². The number of rotatable bonds is 3. The van der Waals surface area contributed by atoms with E-state index in [1.807, 2.05) is 36.1 Å². The summed E-state index contributed by atoms with van der Waals surface area (Å²) in [5, 5.41) is 0.491. The number of nitrogens with zero attached hydrogens (tertiary/aromatic N) is 1. The van der Waals surface area contributed by atoms with Crippen LogP contribution in [0.2, 0.25) is 5.02 Å². The van der Waals surface area contributed by atoms with Gasteiger partial charge >= 0.3 is 0 Å². The maximum absolute atomic E-state index is 14.6. The second kappa shape index (κ2) is 8.83. The molecule has 4 nitrogen and oxygen atoms in total. The van der Waals surface area contributed by atoms with Gasteiger partial charge in [-0.1, -0.05) is 77.8 Å². The lowest BCUT2D eigenvalue weighted by Gasteiger charge is -2.37. The van der Waals surface area contributed by atoms with Crippen molar-refractivity contribution in [1.82, 2.24) is 0 Å². The molecule has 0 aromatic heterocycles. The Balaban J connectivity index is 1.54. The molecule has 0 N–H and O–H groups in total. The largest absolute Gasteiger partial charge is 0.352 e. The van der Waals surface area contributed by atoms with E-state index < -0.39 is 29.2 Å². The number of aryl methyl sites for hydroxylation is 1. The fourth-order valence-corrected chi connectivity index (χ4v) is 7.01. The molecule has 1 aliphatic carbocycles. The number of hydrogen-bond donors (Lipinski definition) is 0. The summed E-state index contributed by atoms with van der Waals surface area (Å²) in [5.41, 5.74) is 2.47. The van der Waals surface area contributed by atoms with Gasteiger partial charge < -0.3 is 4.90 Å². The molecule has 0 bridgehead atoms. The molecular weight excluding hydrogens is 525 g/mol. The van der Waals surface area contributed by atoms with Gasteiger partial charge in [-0.2, -0.15) is 0 Å². The third-order valence-corrected chi connectivity index (χ3v) is 8.85. The van der Waals surface area contributed by atoms with Crippen molar-refractivity contribution >= 4 is 40.7 Å². The van der Waals surface area contributed by atoms with Gasteiger partial charge in [0, 0.05) is 38.9 Å². The van der Waals surface area contributed by atoms with Crippen molar-refractivity contribution in [1.29, 1.82) is 0 Å². The molecule has 2 heterocycles. The van der Waals surface area contributed by atoms with Crippen LogP contribution in [0.15, 0.2) is 97.1 Å². The molecule has 4 aromatic rings. The summed E-state index contributed by atoms with van der Waals surface area (Å²) in [7, 11) is 0. The van der Waals surface area contributed by atoms with Crippen LogP contribution >= 0.6 is 11.6 Å². The third kappa shape index (κ3) is 3.28. The third-order valence-electron chi connectivity index (χ3n) is 8.60. The lowest BCUT2D eigenvalue weighted by atomic mass is 9.64. The lowest BCUT2D eigenvalue weighted by Crippen LogP contribution is -2.48. The summed E-state index contributed by atoms with van der Waals surface area (Å²) >= 11 is 6.14. The minimum absolute atomic E-state index is 0.244. The second-order valence-corrected chi connectivity index (χ2v) is 11.1. The Kier molecular flexibility index (Phi) is 5.45. The number of Topliss-reactive ketones (excluding diaryl/α,β-unsaturated/α-hetero) is 3. The first-order valence-corrected chi connectivity index (χ1v) is 13.5. The fraction of sp³-hybridized carbons (Fsp3) is 0.147. The van der Waals surface area contributed by atoms with Gasteiger partial charge in [0.05, 0.1) is 6.04 Å². The number of ketones is 3. The van der Waals surface area contributed by atoms with E-state index in [2.05, 4.69) is 0 Å². The minimum atomic E-state index is -1.59. The normalized spacial score (nSPS) is 21.9. The van der Waals surface area contributed by atoms with Gasteiger partial charge in [0.1, 0.15) is 17.3 Å². The lowest BCUT2D eigenvalue weighted by molar-refractivity contribution is 0.0666. The van der Waals surface area contributed by atoms with Gasteiger partial charge in [-0.05, 0) is 55.0 Å². The highest BCUT2D eigenvalue weighted by molar-refractivity contribution is 6.32. The van der Waals surface area contributed by atoms with E-state index in [1.54, 1.807) is 66.7 Å². The highest BCUT2D eigenvalue weighted by Gasteiger charge is 2.71. The quantitative estimate of drug-likeness (QED) is 0.203. The average Bonchev–Trinajstić information content (AvgIpc) is 3.39. The number of hydrogen-bond acceptors (Lipinski definition) is 4. The molecule has 1 fully saturated rings. The van der Waals surface area contributed by atoms with E-state index in [1.165, 1.54) is 12.1 Å². The van der Waals surface area contributed by atoms with Crippen molar-refractivity contribution in [3.05, 3.63) is 141 Å².